The standard InChI is InChI=1S/C30H40F3N3O4S/c1-5-41(38,39)25-12-8-21(9-13-25)26(18-40-4)35-29(37)22-14-23-17-36(28(19(2)3)27(23)34-15-22)16-20-6-10-24(11-7-20)30(31,32)33/h8-9,12-15,19-20,24,26,28H,5-7,10-11,16-18H2,1-4H3,(H,35,37)/t20?,24?,26-,28?/m0/s1. The topological polar surface area (TPSA) is 88.6 Å². The van der Waals surface area contributed by atoms with Gasteiger partial charge in [-0.1, -0.05) is 32.9 Å². The lowest BCUT2D eigenvalue weighted by molar-refractivity contribution is -0.184. The lowest BCUT2D eigenvalue weighted by Gasteiger charge is -2.35. The summed E-state index contributed by atoms with van der Waals surface area (Å²) in [4.78, 5) is 20.5. The number of hydrogen-bond acceptors (Lipinski definition) is 6. The largest absolute Gasteiger partial charge is 0.391 e. The molecule has 1 aromatic heterocycles. The number of amides is 1. The number of nitrogens with one attached hydrogen (secondary N) is 1. The number of nitrogens with zero attached hydrogens (tertiary/aromatic N) is 2. The average molecular weight is 596 g/mol. The maximum absolute atomic E-state index is 13.3. The van der Waals surface area contributed by atoms with E-state index in [9.17, 15) is 26.4 Å². The molecule has 1 aliphatic carbocycles. The van der Waals surface area contributed by atoms with Crippen molar-refractivity contribution < 1.29 is 31.1 Å². The van der Waals surface area contributed by atoms with Gasteiger partial charge in [-0.05, 0) is 66.8 Å². The number of methoxy groups -OCH3 is 1. The number of sulfone groups is 1. The summed E-state index contributed by atoms with van der Waals surface area (Å²) in [5.74, 6) is -1.05. The Bertz CT molecular complexity index is 1310. The molecule has 1 fully saturated rings. The van der Waals surface area contributed by atoms with Gasteiger partial charge in [0.2, 0.25) is 0 Å². The third-order valence-electron chi connectivity index (χ3n) is 8.40. The fourth-order valence-electron chi connectivity index (χ4n) is 6.15. The molecule has 1 unspecified atom stereocenters. The molecule has 0 bridgehead atoms. The predicted octanol–water partition coefficient (Wildman–Crippen LogP) is 5.87. The van der Waals surface area contributed by atoms with E-state index in [-0.39, 0.29) is 53.9 Å². The number of pyridine rings is 1. The fourth-order valence-corrected chi connectivity index (χ4v) is 7.04. The van der Waals surface area contributed by atoms with Crippen LogP contribution in [0.25, 0.3) is 0 Å². The van der Waals surface area contributed by atoms with Crippen molar-refractivity contribution in [2.45, 2.75) is 76.2 Å². The molecule has 1 aromatic carbocycles. The summed E-state index contributed by atoms with van der Waals surface area (Å²) in [5.41, 5.74) is 3.00. The van der Waals surface area contributed by atoms with Crippen molar-refractivity contribution in [2.24, 2.45) is 17.8 Å². The highest BCUT2D eigenvalue weighted by Crippen LogP contribution is 2.43. The molecule has 1 saturated carbocycles. The van der Waals surface area contributed by atoms with Crippen LogP contribution >= 0.6 is 0 Å². The van der Waals surface area contributed by atoms with Crippen LogP contribution in [0.5, 0.6) is 0 Å². The predicted molar refractivity (Wildman–Crippen MR) is 150 cm³/mol. The minimum atomic E-state index is -4.11. The summed E-state index contributed by atoms with van der Waals surface area (Å²) >= 11 is 0. The van der Waals surface area contributed by atoms with Gasteiger partial charge in [0.05, 0.1) is 46.5 Å². The Hall–Kier alpha value is -2.50. The normalized spacial score (nSPS) is 22.5. The molecule has 41 heavy (non-hydrogen) atoms. The minimum absolute atomic E-state index is 0.00415. The molecule has 4 rings (SSSR count). The number of alkyl halides is 3. The van der Waals surface area contributed by atoms with E-state index in [1.165, 1.54) is 19.2 Å². The summed E-state index contributed by atoms with van der Waals surface area (Å²) < 4.78 is 69.1. The molecule has 1 N–H and O–H groups in total. The van der Waals surface area contributed by atoms with Crippen LogP contribution < -0.4 is 5.32 Å². The number of carbonyl (C=O) groups excluding carboxylic acids is 1. The third-order valence-corrected chi connectivity index (χ3v) is 10.2. The van der Waals surface area contributed by atoms with Crippen molar-refractivity contribution in [3.8, 4) is 0 Å². The highest BCUT2D eigenvalue weighted by molar-refractivity contribution is 7.91. The molecule has 7 nitrogen and oxygen atoms in total. The molecule has 226 valence electrons. The summed E-state index contributed by atoms with van der Waals surface area (Å²) in [5, 5.41) is 2.98. The Balaban J connectivity index is 1.46. The summed E-state index contributed by atoms with van der Waals surface area (Å²) in [6, 6.07) is 7.84. The van der Waals surface area contributed by atoms with E-state index < -0.39 is 28.0 Å². The summed E-state index contributed by atoms with van der Waals surface area (Å²) in [7, 11) is -1.80. The van der Waals surface area contributed by atoms with Crippen LogP contribution in [0.3, 0.4) is 0 Å². The Morgan fingerprint density at radius 1 is 1.15 bits per heavy atom. The van der Waals surface area contributed by atoms with E-state index >= 15 is 0 Å². The Morgan fingerprint density at radius 2 is 1.80 bits per heavy atom. The zero-order valence-electron chi connectivity index (χ0n) is 24.1. The third kappa shape index (κ3) is 7.29. The van der Waals surface area contributed by atoms with Crippen molar-refractivity contribution in [3.05, 3.63) is 58.9 Å². The van der Waals surface area contributed by atoms with E-state index in [0.29, 0.717) is 31.5 Å². The van der Waals surface area contributed by atoms with Gasteiger partial charge in [-0.15, -0.1) is 0 Å². The first kappa shape index (κ1) is 31.4. The van der Waals surface area contributed by atoms with Crippen molar-refractivity contribution in [3.63, 3.8) is 0 Å². The van der Waals surface area contributed by atoms with Gasteiger partial charge in [-0.2, -0.15) is 13.2 Å². The van der Waals surface area contributed by atoms with Gasteiger partial charge in [0.25, 0.3) is 5.91 Å². The van der Waals surface area contributed by atoms with Crippen LogP contribution in [-0.2, 0) is 21.1 Å². The van der Waals surface area contributed by atoms with Gasteiger partial charge in [0, 0.05) is 26.4 Å². The minimum Gasteiger partial charge on any atom is -0.382 e. The second kappa shape index (κ2) is 12.8. The van der Waals surface area contributed by atoms with E-state index in [0.717, 1.165) is 16.8 Å². The molecule has 0 saturated heterocycles. The van der Waals surface area contributed by atoms with Crippen LogP contribution in [0.1, 0.15) is 85.7 Å². The smallest absolute Gasteiger partial charge is 0.382 e. The van der Waals surface area contributed by atoms with Crippen molar-refractivity contribution in [1.29, 1.82) is 0 Å². The Morgan fingerprint density at radius 3 is 2.37 bits per heavy atom. The maximum atomic E-state index is 13.3. The van der Waals surface area contributed by atoms with E-state index in [1.54, 1.807) is 25.3 Å². The Labute approximate surface area is 240 Å². The number of halogens is 3. The van der Waals surface area contributed by atoms with Gasteiger partial charge in [0.1, 0.15) is 0 Å². The first-order valence-corrected chi connectivity index (χ1v) is 15.9. The number of aromatic nitrogens is 1. The van der Waals surface area contributed by atoms with E-state index in [4.69, 9.17) is 9.72 Å². The summed E-state index contributed by atoms with van der Waals surface area (Å²) in [6.45, 7) is 7.33. The zero-order valence-corrected chi connectivity index (χ0v) is 24.9. The summed E-state index contributed by atoms with van der Waals surface area (Å²) in [6.07, 6.45) is -1.04. The second-order valence-electron chi connectivity index (χ2n) is 11.6. The molecule has 1 aliphatic heterocycles. The zero-order chi connectivity index (χ0) is 29.9. The average Bonchev–Trinajstić information content (AvgIpc) is 3.30. The lowest BCUT2D eigenvalue weighted by Crippen LogP contribution is -2.35. The second-order valence-corrected chi connectivity index (χ2v) is 13.9. The first-order chi connectivity index (χ1) is 19.3. The van der Waals surface area contributed by atoms with E-state index in [2.05, 4.69) is 24.1 Å². The molecular formula is C30H40F3N3O4S. The van der Waals surface area contributed by atoms with Crippen molar-refractivity contribution >= 4 is 15.7 Å². The molecule has 2 heterocycles. The van der Waals surface area contributed by atoms with Crippen LogP contribution in [0, 0.1) is 17.8 Å². The van der Waals surface area contributed by atoms with Crippen LogP contribution in [0.2, 0.25) is 0 Å². The van der Waals surface area contributed by atoms with E-state index in [1.807, 2.05) is 6.07 Å². The SMILES string of the molecule is CCS(=O)(=O)c1ccc([C@H](COC)NC(=O)c2cnc3c(c2)CN(CC2CCC(C(F)(F)F)CC2)C3C(C)C)cc1. The molecule has 1 amide bonds. The van der Waals surface area contributed by atoms with Gasteiger partial charge in [0.15, 0.2) is 9.84 Å². The molecule has 2 aromatic rings. The highest BCUT2D eigenvalue weighted by atomic mass is 32.2. The number of ether oxygens (including phenoxy) is 1. The van der Waals surface area contributed by atoms with Gasteiger partial charge < -0.3 is 10.1 Å². The van der Waals surface area contributed by atoms with Crippen molar-refractivity contribution in [2.75, 3.05) is 26.0 Å². The number of rotatable bonds is 10. The molecule has 2 atom stereocenters. The molecule has 11 heteroatoms. The molecule has 0 radical (unpaired) electrons. The Kier molecular flexibility index (Phi) is 9.81. The first-order valence-electron chi connectivity index (χ1n) is 14.3. The molecular weight excluding hydrogens is 555 g/mol. The maximum Gasteiger partial charge on any atom is 0.391 e. The number of carbonyl (C=O) groups is 1. The lowest BCUT2D eigenvalue weighted by atomic mass is 9.81. The number of hydrogen-bond donors (Lipinski definition) is 1. The number of benzene rings is 1. The molecule has 0 spiro atoms. The molecule has 2 aliphatic rings. The monoisotopic (exact) mass is 595 g/mol. The highest BCUT2D eigenvalue weighted by Gasteiger charge is 2.42. The quantitative estimate of drug-likeness (QED) is 0.370. The fraction of sp³-hybridized carbons (Fsp3) is 0.600. The van der Waals surface area contributed by atoms with Crippen LogP contribution in [0.15, 0.2) is 41.4 Å². The van der Waals surface area contributed by atoms with Gasteiger partial charge in [-0.3, -0.25) is 14.7 Å². The number of fused-ring (bicyclic) bond motifs is 1. The van der Waals surface area contributed by atoms with Gasteiger partial charge >= 0.3 is 6.18 Å². The van der Waals surface area contributed by atoms with Crippen molar-refractivity contribution in [1.82, 2.24) is 15.2 Å². The van der Waals surface area contributed by atoms with Gasteiger partial charge in [-0.25, -0.2) is 8.42 Å². The van der Waals surface area contributed by atoms with Crippen LogP contribution in [-0.4, -0.2) is 56.4 Å². The van der Waals surface area contributed by atoms with Crippen LogP contribution in [0.4, 0.5) is 13.2 Å².